The fourth-order valence-corrected chi connectivity index (χ4v) is 2.31. The van der Waals surface area contributed by atoms with E-state index in [0.29, 0.717) is 6.10 Å². The van der Waals surface area contributed by atoms with Gasteiger partial charge in [-0.1, -0.05) is 18.9 Å². The Kier molecular flexibility index (Phi) is 2.73. The largest absolute Gasteiger partial charge is 0.368 e. The van der Waals surface area contributed by atoms with Gasteiger partial charge in [0.25, 0.3) is 0 Å². The second-order valence-corrected chi connectivity index (χ2v) is 4.70. The van der Waals surface area contributed by atoms with E-state index in [2.05, 4.69) is 13.0 Å². The van der Waals surface area contributed by atoms with Gasteiger partial charge in [-0.2, -0.15) is 0 Å². The summed E-state index contributed by atoms with van der Waals surface area (Å²) in [6.07, 6.45) is 11.4. The van der Waals surface area contributed by atoms with Crippen LogP contribution >= 0.6 is 0 Å². The molecule has 0 amide bonds. The quantitative estimate of drug-likeness (QED) is 0.718. The molecule has 1 saturated carbocycles. The van der Waals surface area contributed by atoms with Crippen LogP contribution in [0.2, 0.25) is 0 Å². The van der Waals surface area contributed by atoms with Crippen LogP contribution in [0.5, 0.6) is 0 Å². The van der Waals surface area contributed by atoms with Crippen molar-refractivity contribution in [2.45, 2.75) is 57.2 Å². The summed E-state index contributed by atoms with van der Waals surface area (Å²) in [5, 5.41) is 7.51. The molecule has 1 unspecified atom stereocenters. The highest BCUT2D eigenvalue weighted by molar-refractivity contribution is 5.93. The Labute approximate surface area is 85.9 Å². The number of rotatable bonds is 2. The van der Waals surface area contributed by atoms with E-state index in [0.717, 1.165) is 18.6 Å². The van der Waals surface area contributed by atoms with Crippen molar-refractivity contribution in [3.63, 3.8) is 0 Å². The molecule has 2 rings (SSSR count). The van der Waals surface area contributed by atoms with Crippen molar-refractivity contribution >= 4 is 5.71 Å². The summed E-state index contributed by atoms with van der Waals surface area (Å²) < 4.78 is 6.10. The Bertz CT molecular complexity index is 253. The molecule has 14 heavy (non-hydrogen) atoms. The summed E-state index contributed by atoms with van der Waals surface area (Å²) in [5.74, 6) is 0. The highest BCUT2D eigenvalue weighted by atomic mass is 16.5. The van der Waals surface area contributed by atoms with E-state index in [1.807, 2.05) is 6.08 Å². The number of hydrogen-bond donors (Lipinski definition) is 1. The van der Waals surface area contributed by atoms with Gasteiger partial charge < -0.3 is 10.1 Å². The van der Waals surface area contributed by atoms with Gasteiger partial charge in [-0.05, 0) is 38.7 Å². The summed E-state index contributed by atoms with van der Waals surface area (Å²) in [6, 6.07) is 0. The highest BCUT2D eigenvalue weighted by Gasteiger charge is 2.29. The first-order chi connectivity index (χ1) is 6.68. The molecule has 0 aromatic heterocycles. The molecule has 0 aromatic rings. The van der Waals surface area contributed by atoms with Crippen molar-refractivity contribution in [1.82, 2.24) is 0 Å². The molecule has 2 aliphatic rings. The van der Waals surface area contributed by atoms with Crippen LogP contribution in [0.15, 0.2) is 12.2 Å². The van der Waals surface area contributed by atoms with Crippen LogP contribution in [0.3, 0.4) is 0 Å². The molecule has 1 fully saturated rings. The molecule has 0 aromatic carbocycles. The van der Waals surface area contributed by atoms with Gasteiger partial charge in [0.2, 0.25) is 0 Å². The van der Waals surface area contributed by atoms with E-state index in [4.69, 9.17) is 10.1 Å². The second-order valence-electron chi connectivity index (χ2n) is 4.70. The number of allylic oxidation sites excluding steroid dienone is 1. The van der Waals surface area contributed by atoms with Crippen LogP contribution in [-0.4, -0.2) is 17.4 Å². The van der Waals surface area contributed by atoms with Crippen molar-refractivity contribution in [3.05, 3.63) is 12.2 Å². The number of nitrogens with one attached hydrogen (secondary N) is 1. The summed E-state index contributed by atoms with van der Waals surface area (Å²) in [7, 11) is 0. The van der Waals surface area contributed by atoms with E-state index in [1.165, 1.54) is 25.7 Å². The summed E-state index contributed by atoms with van der Waals surface area (Å²) in [5.41, 5.74) is 0.636. The van der Waals surface area contributed by atoms with Crippen LogP contribution in [0.1, 0.15) is 45.4 Å². The fourth-order valence-electron chi connectivity index (χ4n) is 2.31. The van der Waals surface area contributed by atoms with Gasteiger partial charge in [0.1, 0.15) is 0 Å². The van der Waals surface area contributed by atoms with Gasteiger partial charge in [-0.15, -0.1) is 0 Å². The predicted octanol–water partition coefficient (Wildman–Crippen LogP) is 3.07. The monoisotopic (exact) mass is 193 g/mol. The lowest BCUT2D eigenvalue weighted by Crippen LogP contribution is -2.33. The van der Waals surface area contributed by atoms with E-state index in [9.17, 15) is 0 Å². The van der Waals surface area contributed by atoms with Gasteiger partial charge in [-0.25, -0.2) is 0 Å². The topological polar surface area (TPSA) is 33.1 Å². The summed E-state index contributed by atoms with van der Waals surface area (Å²) in [6.45, 7) is 2.15. The van der Waals surface area contributed by atoms with Crippen molar-refractivity contribution in [3.8, 4) is 0 Å². The van der Waals surface area contributed by atoms with Crippen LogP contribution < -0.4 is 0 Å². The maximum absolute atomic E-state index is 7.51. The third kappa shape index (κ3) is 2.24. The normalized spacial score (nSPS) is 33.9. The van der Waals surface area contributed by atoms with Crippen LogP contribution in [0.4, 0.5) is 0 Å². The van der Waals surface area contributed by atoms with Crippen LogP contribution in [0, 0.1) is 5.41 Å². The first-order valence-electron chi connectivity index (χ1n) is 5.62. The summed E-state index contributed by atoms with van der Waals surface area (Å²) in [4.78, 5) is 0. The summed E-state index contributed by atoms with van der Waals surface area (Å²) >= 11 is 0. The molecule has 2 heteroatoms. The first-order valence-corrected chi connectivity index (χ1v) is 5.62. The zero-order chi connectivity index (χ0) is 10.0. The molecule has 0 saturated heterocycles. The zero-order valence-corrected chi connectivity index (χ0v) is 8.88. The number of ether oxygens (including phenoxy) is 1. The van der Waals surface area contributed by atoms with Crippen LogP contribution in [0.25, 0.3) is 0 Å². The zero-order valence-electron chi connectivity index (χ0n) is 8.88. The minimum absolute atomic E-state index is 0.0977. The lowest BCUT2D eigenvalue weighted by atomic mass is 9.91. The molecule has 0 heterocycles. The third-order valence-corrected chi connectivity index (χ3v) is 3.27. The first kappa shape index (κ1) is 9.91. The molecular weight excluding hydrogens is 174 g/mol. The molecule has 0 spiro atoms. The van der Waals surface area contributed by atoms with Gasteiger partial charge in [-0.3, -0.25) is 0 Å². The minimum Gasteiger partial charge on any atom is -0.368 e. The molecule has 0 radical (unpaired) electrons. The highest BCUT2D eigenvalue weighted by Crippen LogP contribution is 2.31. The van der Waals surface area contributed by atoms with E-state index >= 15 is 0 Å². The molecule has 2 nitrogen and oxygen atoms in total. The lowest BCUT2D eigenvalue weighted by molar-refractivity contribution is -0.0530. The van der Waals surface area contributed by atoms with Gasteiger partial charge >= 0.3 is 0 Å². The van der Waals surface area contributed by atoms with Crippen LogP contribution in [-0.2, 0) is 4.74 Å². The van der Waals surface area contributed by atoms with E-state index < -0.39 is 0 Å². The van der Waals surface area contributed by atoms with Gasteiger partial charge in [0.15, 0.2) is 0 Å². The maximum atomic E-state index is 7.51. The smallest absolute Gasteiger partial charge is 0.0845 e. The molecule has 1 atom stereocenters. The molecule has 0 bridgehead atoms. The Balaban J connectivity index is 1.95. The Morgan fingerprint density at radius 1 is 1.43 bits per heavy atom. The van der Waals surface area contributed by atoms with Crippen molar-refractivity contribution in [2.75, 3.05) is 0 Å². The van der Waals surface area contributed by atoms with Gasteiger partial charge in [0, 0.05) is 5.71 Å². The molecular formula is C12H19NO. The molecule has 78 valence electrons. The number of hydrogen-bond acceptors (Lipinski definition) is 2. The maximum Gasteiger partial charge on any atom is 0.0845 e. The Morgan fingerprint density at radius 2 is 2.14 bits per heavy atom. The predicted molar refractivity (Wildman–Crippen MR) is 57.8 cm³/mol. The average Bonchev–Trinajstić information content (AvgIpc) is 2.63. The van der Waals surface area contributed by atoms with Crippen molar-refractivity contribution in [1.29, 1.82) is 5.41 Å². The molecule has 1 N–H and O–H groups in total. The average molecular weight is 193 g/mol. The second kappa shape index (κ2) is 3.85. The lowest BCUT2D eigenvalue weighted by Gasteiger charge is -2.32. The van der Waals surface area contributed by atoms with Crippen molar-refractivity contribution < 1.29 is 4.74 Å². The van der Waals surface area contributed by atoms with Crippen molar-refractivity contribution in [2.24, 2.45) is 0 Å². The fraction of sp³-hybridized carbons (Fsp3) is 0.750. The third-order valence-electron chi connectivity index (χ3n) is 3.27. The Hall–Kier alpha value is -0.630. The SMILES string of the molecule is CC1(OC2CCCC2)C=CC(=N)CC1. The van der Waals surface area contributed by atoms with E-state index in [-0.39, 0.29) is 5.60 Å². The molecule has 2 aliphatic carbocycles. The Morgan fingerprint density at radius 3 is 2.71 bits per heavy atom. The standard InChI is InChI=1S/C12H19NO/c1-12(8-6-10(13)7-9-12)14-11-4-2-3-5-11/h6,8,11,13H,2-5,7,9H2,1H3. The van der Waals surface area contributed by atoms with Gasteiger partial charge in [0.05, 0.1) is 11.7 Å². The molecule has 0 aliphatic heterocycles. The van der Waals surface area contributed by atoms with E-state index in [1.54, 1.807) is 0 Å². The minimum atomic E-state index is -0.0977.